The Bertz CT molecular complexity index is 409. The summed E-state index contributed by atoms with van der Waals surface area (Å²) in [4.78, 5) is 0. The second kappa shape index (κ2) is 3.64. The van der Waals surface area contributed by atoms with E-state index in [1.54, 1.807) is 0 Å². The van der Waals surface area contributed by atoms with Crippen molar-refractivity contribution in [1.29, 1.82) is 0 Å². The lowest BCUT2D eigenvalue weighted by molar-refractivity contribution is 1.07. The Hall–Kier alpha value is -0.610. The molecular formula is C9H6Br2N2. The third-order valence-electron chi connectivity index (χ3n) is 1.73. The van der Waals surface area contributed by atoms with Gasteiger partial charge in [0.2, 0.25) is 0 Å². The van der Waals surface area contributed by atoms with Gasteiger partial charge in [0.1, 0.15) is 4.60 Å². The van der Waals surface area contributed by atoms with Crippen molar-refractivity contribution in [3.63, 3.8) is 0 Å². The highest BCUT2D eigenvalue weighted by Gasteiger charge is 2.08. The highest BCUT2D eigenvalue weighted by molar-refractivity contribution is 9.13. The minimum atomic E-state index is 0.798. The molecule has 0 aliphatic carbocycles. The van der Waals surface area contributed by atoms with Crippen LogP contribution in [-0.4, -0.2) is 10.2 Å². The lowest BCUT2D eigenvalue weighted by Crippen LogP contribution is -1.76. The SMILES string of the molecule is Brc1n[nH]c(-c2ccccc2)c1Br. The Balaban J connectivity index is 2.53. The van der Waals surface area contributed by atoms with Gasteiger partial charge >= 0.3 is 0 Å². The van der Waals surface area contributed by atoms with Crippen molar-refractivity contribution < 1.29 is 0 Å². The van der Waals surface area contributed by atoms with Gasteiger partial charge in [0.25, 0.3) is 0 Å². The van der Waals surface area contributed by atoms with E-state index >= 15 is 0 Å². The smallest absolute Gasteiger partial charge is 0.142 e. The van der Waals surface area contributed by atoms with Crippen LogP contribution in [0.3, 0.4) is 0 Å². The van der Waals surface area contributed by atoms with Gasteiger partial charge in [0.15, 0.2) is 0 Å². The quantitative estimate of drug-likeness (QED) is 0.856. The molecule has 4 heteroatoms. The third kappa shape index (κ3) is 1.69. The average molecular weight is 302 g/mol. The van der Waals surface area contributed by atoms with E-state index in [1.807, 2.05) is 30.3 Å². The zero-order chi connectivity index (χ0) is 9.26. The van der Waals surface area contributed by atoms with Crippen LogP contribution in [0.25, 0.3) is 11.3 Å². The molecule has 0 saturated heterocycles. The largest absolute Gasteiger partial charge is 0.276 e. The maximum absolute atomic E-state index is 4.04. The zero-order valence-corrected chi connectivity index (χ0v) is 9.76. The molecule has 1 aromatic carbocycles. The van der Waals surface area contributed by atoms with Crippen LogP contribution in [-0.2, 0) is 0 Å². The predicted octanol–water partition coefficient (Wildman–Crippen LogP) is 3.60. The third-order valence-corrected chi connectivity index (χ3v) is 3.61. The lowest BCUT2D eigenvalue weighted by Gasteiger charge is -1.96. The first-order chi connectivity index (χ1) is 6.29. The van der Waals surface area contributed by atoms with Crippen molar-refractivity contribution >= 4 is 31.9 Å². The number of nitrogens with zero attached hydrogens (tertiary/aromatic N) is 1. The Morgan fingerprint density at radius 2 is 1.77 bits per heavy atom. The van der Waals surface area contributed by atoms with Crippen LogP contribution in [0.1, 0.15) is 0 Å². The van der Waals surface area contributed by atoms with Crippen LogP contribution in [0.5, 0.6) is 0 Å². The summed E-state index contributed by atoms with van der Waals surface area (Å²) >= 11 is 6.77. The molecule has 0 bridgehead atoms. The second-order valence-corrected chi connectivity index (χ2v) is 4.11. The standard InChI is InChI=1S/C9H6Br2N2/c10-7-8(12-13-9(7)11)6-4-2-1-3-5-6/h1-5H,(H,12,13). The van der Waals surface area contributed by atoms with Gasteiger partial charge in [-0.15, -0.1) is 0 Å². The molecule has 0 aliphatic heterocycles. The lowest BCUT2D eigenvalue weighted by atomic mass is 10.2. The zero-order valence-electron chi connectivity index (χ0n) is 6.59. The number of aromatic nitrogens is 2. The van der Waals surface area contributed by atoms with E-state index in [4.69, 9.17) is 0 Å². The molecule has 2 nitrogen and oxygen atoms in total. The number of benzene rings is 1. The van der Waals surface area contributed by atoms with Crippen LogP contribution < -0.4 is 0 Å². The molecule has 2 rings (SSSR count). The normalized spacial score (nSPS) is 10.3. The number of halogens is 2. The van der Waals surface area contributed by atoms with Crippen molar-refractivity contribution in [1.82, 2.24) is 10.2 Å². The molecule has 0 saturated carbocycles. The van der Waals surface area contributed by atoms with Gasteiger partial charge in [0.05, 0.1) is 10.2 Å². The monoisotopic (exact) mass is 300 g/mol. The summed E-state index contributed by atoms with van der Waals surface area (Å²) in [6.45, 7) is 0. The Labute approximate surface area is 92.6 Å². The van der Waals surface area contributed by atoms with Crippen LogP contribution >= 0.6 is 31.9 Å². The van der Waals surface area contributed by atoms with Gasteiger partial charge in [-0.1, -0.05) is 30.3 Å². The number of rotatable bonds is 1. The van der Waals surface area contributed by atoms with Crippen LogP contribution in [0, 0.1) is 0 Å². The average Bonchev–Trinajstić information content (AvgIpc) is 2.49. The molecule has 2 aromatic rings. The van der Waals surface area contributed by atoms with E-state index in [2.05, 4.69) is 42.1 Å². The predicted molar refractivity (Wildman–Crippen MR) is 59.4 cm³/mol. The summed E-state index contributed by atoms with van der Waals surface area (Å²) < 4.78 is 1.75. The minimum Gasteiger partial charge on any atom is -0.276 e. The maximum atomic E-state index is 4.04. The molecule has 0 amide bonds. The fourth-order valence-electron chi connectivity index (χ4n) is 1.10. The van der Waals surface area contributed by atoms with Crippen LogP contribution in [0.15, 0.2) is 39.4 Å². The van der Waals surface area contributed by atoms with Crippen molar-refractivity contribution in [2.75, 3.05) is 0 Å². The van der Waals surface area contributed by atoms with E-state index in [9.17, 15) is 0 Å². The Morgan fingerprint density at radius 3 is 2.31 bits per heavy atom. The Kier molecular flexibility index (Phi) is 2.51. The topological polar surface area (TPSA) is 28.7 Å². The van der Waals surface area contributed by atoms with Gasteiger partial charge < -0.3 is 0 Å². The summed E-state index contributed by atoms with van der Waals surface area (Å²) in [5.74, 6) is 0. The summed E-state index contributed by atoms with van der Waals surface area (Å²) in [7, 11) is 0. The second-order valence-electron chi connectivity index (χ2n) is 2.57. The molecule has 0 fully saturated rings. The highest BCUT2D eigenvalue weighted by atomic mass is 79.9. The highest BCUT2D eigenvalue weighted by Crippen LogP contribution is 2.31. The van der Waals surface area contributed by atoms with Gasteiger partial charge in [-0.3, -0.25) is 5.10 Å². The minimum absolute atomic E-state index is 0.798. The number of aromatic amines is 1. The summed E-state index contributed by atoms with van der Waals surface area (Å²) in [6.07, 6.45) is 0. The number of nitrogens with one attached hydrogen (secondary N) is 1. The molecule has 0 spiro atoms. The van der Waals surface area contributed by atoms with Crippen LogP contribution in [0.2, 0.25) is 0 Å². The molecular weight excluding hydrogens is 296 g/mol. The molecule has 1 N–H and O–H groups in total. The van der Waals surface area contributed by atoms with E-state index in [0.717, 1.165) is 20.3 Å². The number of hydrogen-bond donors (Lipinski definition) is 1. The van der Waals surface area contributed by atoms with Crippen molar-refractivity contribution in [2.24, 2.45) is 0 Å². The Morgan fingerprint density at radius 1 is 1.08 bits per heavy atom. The molecule has 0 unspecified atom stereocenters. The van der Waals surface area contributed by atoms with Crippen molar-refractivity contribution in [3.8, 4) is 11.3 Å². The van der Waals surface area contributed by atoms with E-state index in [0.29, 0.717) is 0 Å². The first-order valence-electron chi connectivity index (χ1n) is 3.74. The van der Waals surface area contributed by atoms with Gasteiger partial charge in [-0.25, -0.2) is 0 Å². The summed E-state index contributed by atoms with van der Waals surface area (Å²) in [6, 6.07) is 10.0. The molecule has 0 radical (unpaired) electrons. The van der Waals surface area contributed by atoms with E-state index < -0.39 is 0 Å². The molecule has 0 aliphatic rings. The maximum Gasteiger partial charge on any atom is 0.142 e. The van der Waals surface area contributed by atoms with Gasteiger partial charge in [0, 0.05) is 5.56 Å². The van der Waals surface area contributed by atoms with Gasteiger partial charge in [-0.05, 0) is 31.9 Å². The molecule has 13 heavy (non-hydrogen) atoms. The number of H-pyrrole nitrogens is 1. The van der Waals surface area contributed by atoms with E-state index in [1.165, 1.54) is 0 Å². The molecule has 66 valence electrons. The first kappa shape index (κ1) is 8.97. The van der Waals surface area contributed by atoms with Crippen molar-refractivity contribution in [2.45, 2.75) is 0 Å². The molecule has 1 heterocycles. The van der Waals surface area contributed by atoms with Gasteiger partial charge in [-0.2, -0.15) is 5.10 Å². The fraction of sp³-hybridized carbons (Fsp3) is 0. The van der Waals surface area contributed by atoms with E-state index in [-0.39, 0.29) is 0 Å². The molecule has 0 atom stereocenters. The summed E-state index contributed by atoms with van der Waals surface area (Å²) in [5.41, 5.74) is 2.11. The number of hydrogen-bond acceptors (Lipinski definition) is 1. The van der Waals surface area contributed by atoms with Crippen molar-refractivity contribution in [3.05, 3.63) is 39.4 Å². The fourth-order valence-corrected chi connectivity index (χ4v) is 1.80. The summed E-state index contributed by atoms with van der Waals surface area (Å²) in [5, 5.41) is 6.98. The molecule has 1 aromatic heterocycles. The first-order valence-corrected chi connectivity index (χ1v) is 5.32. The van der Waals surface area contributed by atoms with Crippen LogP contribution in [0.4, 0.5) is 0 Å².